The molecule has 0 saturated heterocycles. The Balaban J connectivity index is 2.75. The van der Waals surface area contributed by atoms with Gasteiger partial charge in [-0.1, -0.05) is 19.1 Å². The second-order valence-corrected chi connectivity index (χ2v) is 4.68. The second kappa shape index (κ2) is 7.37. The van der Waals surface area contributed by atoms with Crippen LogP contribution in [0.1, 0.15) is 36.2 Å². The Bertz CT molecular complexity index is 556. The topological polar surface area (TPSA) is 98.5 Å². The number of carbonyl (C=O) groups is 2. The Morgan fingerprint density at radius 2 is 2.10 bits per heavy atom. The normalized spacial score (nSPS) is 11.6. The standard InChI is InChI=1S/C14H18N2O5/c1-4-10(3)15-12(17)8-21-14(18)11-7-5-6-9(2)13(11)16(19)20/h5-7,10H,4,8H2,1-3H3,(H,15,17). The lowest BCUT2D eigenvalue weighted by molar-refractivity contribution is -0.385. The zero-order chi connectivity index (χ0) is 16.0. The molecular formula is C14H18N2O5. The van der Waals surface area contributed by atoms with E-state index in [-0.39, 0.29) is 17.3 Å². The van der Waals surface area contributed by atoms with E-state index in [1.807, 2.05) is 13.8 Å². The second-order valence-electron chi connectivity index (χ2n) is 4.68. The fourth-order valence-electron chi connectivity index (χ4n) is 1.69. The van der Waals surface area contributed by atoms with Crippen LogP contribution >= 0.6 is 0 Å². The van der Waals surface area contributed by atoms with E-state index in [1.54, 1.807) is 0 Å². The van der Waals surface area contributed by atoms with Gasteiger partial charge in [0.25, 0.3) is 11.6 Å². The molecule has 0 radical (unpaired) electrons. The minimum atomic E-state index is -0.885. The van der Waals surface area contributed by atoms with E-state index in [9.17, 15) is 19.7 Å². The van der Waals surface area contributed by atoms with Crippen LogP contribution in [0, 0.1) is 17.0 Å². The highest BCUT2D eigenvalue weighted by atomic mass is 16.6. The number of hydrogen-bond donors (Lipinski definition) is 1. The number of carbonyl (C=O) groups excluding carboxylic acids is 2. The Kier molecular flexibility index (Phi) is 5.83. The molecule has 0 aromatic heterocycles. The molecule has 1 unspecified atom stereocenters. The van der Waals surface area contributed by atoms with Gasteiger partial charge in [0.2, 0.25) is 0 Å². The Hall–Kier alpha value is -2.44. The molecule has 7 heteroatoms. The Morgan fingerprint density at radius 3 is 2.67 bits per heavy atom. The number of para-hydroxylation sites is 1. The van der Waals surface area contributed by atoms with Gasteiger partial charge in [-0.15, -0.1) is 0 Å². The lowest BCUT2D eigenvalue weighted by Gasteiger charge is -2.11. The largest absolute Gasteiger partial charge is 0.452 e. The molecule has 1 amide bonds. The molecule has 0 heterocycles. The van der Waals surface area contributed by atoms with Crippen LogP contribution in [0.25, 0.3) is 0 Å². The molecule has 0 aliphatic rings. The molecule has 1 rings (SSSR count). The fraction of sp³-hybridized carbons (Fsp3) is 0.429. The SMILES string of the molecule is CCC(C)NC(=O)COC(=O)c1cccc(C)c1[N+](=O)[O-]. The van der Waals surface area contributed by atoms with Crippen molar-refractivity contribution in [1.82, 2.24) is 5.32 Å². The summed E-state index contributed by atoms with van der Waals surface area (Å²) < 4.78 is 4.83. The van der Waals surface area contributed by atoms with Crippen molar-refractivity contribution in [3.05, 3.63) is 39.4 Å². The monoisotopic (exact) mass is 294 g/mol. The van der Waals surface area contributed by atoms with Crippen LogP contribution in [0.5, 0.6) is 0 Å². The van der Waals surface area contributed by atoms with Gasteiger partial charge in [0.1, 0.15) is 5.56 Å². The molecular weight excluding hydrogens is 276 g/mol. The number of nitrogens with one attached hydrogen (secondary N) is 1. The molecule has 1 aromatic rings. The van der Waals surface area contributed by atoms with Crippen molar-refractivity contribution < 1.29 is 19.2 Å². The Morgan fingerprint density at radius 1 is 1.43 bits per heavy atom. The third-order valence-corrected chi connectivity index (χ3v) is 2.99. The molecule has 0 aliphatic heterocycles. The summed E-state index contributed by atoms with van der Waals surface area (Å²) in [5, 5.41) is 13.6. The van der Waals surface area contributed by atoms with Crippen LogP contribution in [0.2, 0.25) is 0 Å². The van der Waals surface area contributed by atoms with Crippen molar-refractivity contribution in [2.24, 2.45) is 0 Å². The van der Waals surface area contributed by atoms with Crippen molar-refractivity contribution in [2.75, 3.05) is 6.61 Å². The van der Waals surface area contributed by atoms with E-state index in [0.29, 0.717) is 5.56 Å². The average molecular weight is 294 g/mol. The number of benzene rings is 1. The summed E-state index contributed by atoms with van der Waals surface area (Å²) in [6, 6.07) is 4.34. The molecule has 7 nitrogen and oxygen atoms in total. The van der Waals surface area contributed by atoms with Gasteiger partial charge >= 0.3 is 5.97 Å². The van der Waals surface area contributed by atoms with Gasteiger partial charge in [-0.3, -0.25) is 14.9 Å². The zero-order valence-electron chi connectivity index (χ0n) is 12.2. The van der Waals surface area contributed by atoms with E-state index in [0.717, 1.165) is 6.42 Å². The third kappa shape index (κ3) is 4.55. The van der Waals surface area contributed by atoms with Crippen molar-refractivity contribution in [3.8, 4) is 0 Å². The predicted molar refractivity (Wildman–Crippen MR) is 76.0 cm³/mol. The number of nitro groups is 1. The Labute approximate surface area is 122 Å². The number of esters is 1. The molecule has 0 fully saturated rings. The van der Waals surface area contributed by atoms with E-state index in [4.69, 9.17) is 4.74 Å². The van der Waals surface area contributed by atoms with Crippen molar-refractivity contribution in [3.63, 3.8) is 0 Å². The molecule has 0 saturated carbocycles. The van der Waals surface area contributed by atoms with Gasteiger partial charge in [0.05, 0.1) is 4.92 Å². The maximum atomic E-state index is 11.9. The van der Waals surface area contributed by atoms with Gasteiger partial charge in [-0.05, 0) is 26.3 Å². The molecule has 1 aromatic carbocycles. The first kappa shape index (κ1) is 16.6. The molecule has 0 aliphatic carbocycles. The lowest BCUT2D eigenvalue weighted by Crippen LogP contribution is -2.35. The van der Waals surface area contributed by atoms with E-state index >= 15 is 0 Å². The van der Waals surface area contributed by atoms with Crippen LogP contribution in [0.4, 0.5) is 5.69 Å². The highest BCUT2D eigenvalue weighted by Crippen LogP contribution is 2.23. The summed E-state index contributed by atoms with van der Waals surface area (Å²) >= 11 is 0. The molecule has 1 atom stereocenters. The summed E-state index contributed by atoms with van der Waals surface area (Å²) in [7, 11) is 0. The fourth-order valence-corrected chi connectivity index (χ4v) is 1.69. The first-order chi connectivity index (χ1) is 9.86. The smallest absolute Gasteiger partial charge is 0.345 e. The van der Waals surface area contributed by atoms with Crippen molar-refractivity contribution >= 4 is 17.6 Å². The molecule has 114 valence electrons. The highest BCUT2D eigenvalue weighted by molar-refractivity contribution is 5.95. The molecule has 21 heavy (non-hydrogen) atoms. The maximum absolute atomic E-state index is 11.9. The van der Waals surface area contributed by atoms with E-state index < -0.39 is 23.4 Å². The van der Waals surface area contributed by atoms with Crippen LogP contribution in [-0.4, -0.2) is 29.4 Å². The number of amides is 1. The van der Waals surface area contributed by atoms with Gasteiger partial charge in [0.15, 0.2) is 6.61 Å². The predicted octanol–water partition coefficient (Wildman–Crippen LogP) is 1.97. The van der Waals surface area contributed by atoms with Crippen molar-refractivity contribution in [1.29, 1.82) is 0 Å². The third-order valence-electron chi connectivity index (χ3n) is 2.99. The van der Waals surface area contributed by atoms with Gasteiger partial charge in [0, 0.05) is 11.6 Å². The minimum absolute atomic E-state index is 0.0236. The summed E-state index contributed by atoms with van der Waals surface area (Å²) in [5.74, 6) is -1.32. The summed E-state index contributed by atoms with van der Waals surface area (Å²) in [6.07, 6.45) is 0.753. The van der Waals surface area contributed by atoms with Crippen LogP contribution in [0.3, 0.4) is 0 Å². The minimum Gasteiger partial charge on any atom is -0.452 e. The summed E-state index contributed by atoms with van der Waals surface area (Å²) in [4.78, 5) is 33.7. The molecule has 0 bridgehead atoms. The lowest BCUT2D eigenvalue weighted by atomic mass is 10.1. The average Bonchev–Trinajstić information content (AvgIpc) is 2.43. The number of rotatable bonds is 6. The van der Waals surface area contributed by atoms with Crippen LogP contribution in [-0.2, 0) is 9.53 Å². The van der Waals surface area contributed by atoms with E-state index in [2.05, 4.69) is 5.32 Å². The first-order valence-corrected chi connectivity index (χ1v) is 6.57. The summed E-state index contributed by atoms with van der Waals surface area (Å²) in [6.45, 7) is 4.80. The number of nitro benzene ring substituents is 1. The summed E-state index contributed by atoms with van der Waals surface area (Å²) in [5.41, 5.74) is -0.0975. The van der Waals surface area contributed by atoms with Gasteiger partial charge in [-0.2, -0.15) is 0 Å². The van der Waals surface area contributed by atoms with Crippen molar-refractivity contribution in [2.45, 2.75) is 33.2 Å². The quantitative estimate of drug-likeness (QED) is 0.491. The number of aryl methyl sites for hydroxylation is 1. The molecule has 0 spiro atoms. The van der Waals surface area contributed by atoms with Gasteiger partial charge in [-0.25, -0.2) is 4.79 Å². The molecule has 1 N–H and O–H groups in total. The number of ether oxygens (including phenoxy) is 1. The number of nitrogens with zero attached hydrogens (tertiary/aromatic N) is 1. The zero-order valence-corrected chi connectivity index (χ0v) is 12.2. The number of hydrogen-bond acceptors (Lipinski definition) is 5. The van der Waals surface area contributed by atoms with Gasteiger partial charge < -0.3 is 10.1 Å². The maximum Gasteiger partial charge on any atom is 0.345 e. The van der Waals surface area contributed by atoms with E-state index in [1.165, 1.54) is 25.1 Å². The van der Waals surface area contributed by atoms with Crippen LogP contribution in [0.15, 0.2) is 18.2 Å². The highest BCUT2D eigenvalue weighted by Gasteiger charge is 2.24. The first-order valence-electron chi connectivity index (χ1n) is 6.57. The van der Waals surface area contributed by atoms with Crippen LogP contribution < -0.4 is 5.32 Å².